The third-order valence-corrected chi connectivity index (χ3v) is 7.75. The van der Waals surface area contributed by atoms with Gasteiger partial charge in [-0.15, -0.1) is 5.75 Å². The summed E-state index contributed by atoms with van der Waals surface area (Å²) in [5.74, 6) is 0.0117. The number of hydrogen-bond acceptors (Lipinski definition) is 6. The van der Waals surface area contributed by atoms with Gasteiger partial charge in [0.25, 0.3) is 0 Å². The first-order valence-corrected chi connectivity index (χ1v) is 15.5. The molecule has 0 saturated heterocycles. The number of rotatable bonds is 3. The van der Waals surface area contributed by atoms with Crippen molar-refractivity contribution in [2.24, 2.45) is 0 Å². The van der Waals surface area contributed by atoms with Crippen LogP contribution < -0.4 is 20.2 Å². The summed E-state index contributed by atoms with van der Waals surface area (Å²) in [6.45, 7) is 3.76. The van der Waals surface area contributed by atoms with Gasteiger partial charge in [-0.3, -0.25) is 9.97 Å². The van der Waals surface area contributed by atoms with Crippen molar-refractivity contribution < 1.29 is 15.3 Å². The summed E-state index contributed by atoms with van der Waals surface area (Å²) < 4.78 is 0. The molecule has 0 atom stereocenters. The van der Waals surface area contributed by atoms with Gasteiger partial charge in [-0.1, -0.05) is 121 Å². The van der Waals surface area contributed by atoms with Gasteiger partial charge in [0.2, 0.25) is 0 Å². The Labute approximate surface area is 296 Å². The molecule has 6 nitrogen and oxygen atoms in total. The molecule has 6 aromatic carbocycles. The molecule has 0 spiro atoms. The van der Waals surface area contributed by atoms with Crippen LogP contribution in [0.15, 0.2) is 158 Å². The SMILES string of the molecule is Cc1ccc2cccc([O-])c2n1.Cc1ccc2cccc([O-])c2n1.[Al+3].[O-]c1ccc(N(c2ccccc2)c2ccc3ccccc3c2)cc1. The Morgan fingerprint density at radius 3 is 1.43 bits per heavy atom. The van der Waals surface area contributed by atoms with E-state index in [1.54, 1.807) is 24.3 Å². The maximum atomic E-state index is 11.5. The third-order valence-electron chi connectivity index (χ3n) is 7.75. The molecule has 0 aliphatic carbocycles. The number of aromatic nitrogens is 2. The van der Waals surface area contributed by atoms with E-state index in [1.807, 2.05) is 92.7 Å². The van der Waals surface area contributed by atoms with Crippen LogP contribution in [-0.2, 0) is 0 Å². The van der Waals surface area contributed by atoms with Crippen LogP contribution in [0.4, 0.5) is 17.1 Å². The maximum absolute atomic E-state index is 11.5. The average molecular weight is 654 g/mol. The molecule has 0 unspecified atom stereocenters. The second kappa shape index (κ2) is 15.8. The molecule has 236 valence electrons. The van der Waals surface area contributed by atoms with Crippen LogP contribution in [0.1, 0.15) is 11.4 Å². The van der Waals surface area contributed by atoms with E-state index < -0.39 is 0 Å². The van der Waals surface area contributed by atoms with Crippen molar-refractivity contribution in [1.29, 1.82) is 0 Å². The average Bonchev–Trinajstić information content (AvgIpc) is 3.11. The number of para-hydroxylation sites is 3. The second-order valence-corrected chi connectivity index (χ2v) is 11.3. The molecule has 0 saturated carbocycles. The largest absolute Gasteiger partial charge is 3.00 e. The van der Waals surface area contributed by atoms with E-state index in [4.69, 9.17) is 0 Å². The molecule has 0 N–H and O–H groups in total. The van der Waals surface area contributed by atoms with Crippen molar-refractivity contribution in [1.82, 2.24) is 9.97 Å². The minimum Gasteiger partial charge on any atom is -0.872 e. The molecule has 2 heterocycles. The van der Waals surface area contributed by atoms with E-state index in [1.165, 1.54) is 22.9 Å². The van der Waals surface area contributed by atoms with Crippen LogP contribution in [0.2, 0.25) is 0 Å². The van der Waals surface area contributed by atoms with Gasteiger partial charge < -0.3 is 20.2 Å². The molecule has 8 aromatic rings. The summed E-state index contributed by atoms with van der Waals surface area (Å²) in [6, 6.07) is 49.8. The first kappa shape index (κ1) is 34.5. The summed E-state index contributed by atoms with van der Waals surface area (Å²) in [4.78, 5) is 10.5. The first-order valence-electron chi connectivity index (χ1n) is 15.5. The van der Waals surface area contributed by atoms with Gasteiger partial charge in [0.05, 0.1) is 11.0 Å². The number of pyridine rings is 2. The third kappa shape index (κ3) is 8.35. The standard InChI is InChI=1S/C22H17NO.2C10H9NO.Al/c24-22-14-12-20(13-15-22)23(19-8-2-1-3-9-19)21-11-10-17-6-4-5-7-18(17)16-21;2*1-7-5-6-8-3-2-4-9(12)10(8)11-7;/h1-16,24H;2*2-6,12H,1H3;/q;;;+3/p-3. The molecule has 49 heavy (non-hydrogen) atoms. The minimum absolute atomic E-state index is 0. The summed E-state index contributed by atoms with van der Waals surface area (Å²) in [7, 11) is 0. The predicted molar refractivity (Wildman–Crippen MR) is 196 cm³/mol. The quantitative estimate of drug-likeness (QED) is 0.178. The Bertz CT molecular complexity index is 2230. The monoisotopic (exact) mass is 653 g/mol. The van der Waals surface area contributed by atoms with Gasteiger partial charge >= 0.3 is 17.4 Å². The molecular formula is C42H32AlN3O3. The van der Waals surface area contributed by atoms with Gasteiger partial charge in [0.1, 0.15) is 0 Å². The molecule has 0 bridgehead atoms. The normalized spacial score (nSPS) is 10.3. The Hall–Kier alpha value is -5.87. The number of hydrogen-bond donors (Lipinski definition) is 0. The number of anilines is 3. The fourth-order valence-electron chi connectivity index (χ4n) is 5.37. The van der Waals surface area contributed by atoms with Crippen molar-refractivity contribution in [3.8, 4) is 17.2 Å². The fourth-order valence-corrected chi connectivity index (χ4v) is 5.37. The molecule has 2 aromatic heterocycles. The number of fused-ring (bicyclic) bond motifs is 3. The van der Waals surface area contributed by atoms with Gasteiger partial charge in [-0.25, -0.2) is 0 Å². The summed E-state index contributed by atoms with van der Waals surface area (Å²) in [5.41, 5.74) is 5.99. The zero-order valence-electron chi connectivity index (χ0n) is 27.2. The van der Waals surface area contributed by atoms with Gasteiger partial charge in [0.15, 0.2) is 0 Å². The zero-order chi connectivity index (χ0) is 33.5. The first-order chi connectivity index (χ1) is 23.4. The van der Waals surface area contributed by atoms with Gasteiger partial charge in [0, 0.05) is 28.5 Å². The van der Waals surface area contributed by atoms with Crippen molar-refractivity contribution in [2.75, 3.05) is 4.90 Å². The molecule has 0 aliphatic rings. The van der Waals surface area contributed by atoms with Gasteiger partial charge in [-0.2, -0.15) is 0 Å². The minimum atomic E-state index is -0.00352. The molecule has 0 aliphatic heterocycles. The van der Waals surface area contributed by atoms with Crippen LogP contribution in [-0.4, -0.2) is 27.3 Å². The smallest absolute Gasteiger partial charge is 0.872 e. The van der Waals surface area contributed by atoms with Gasteiger partial charge in [-0.05, 0) is 83.9 Å². The van der Waals surface area contributed by atoms with Crippen LogP contribution in [0, 0.1) is 13.8 Å². The molecular weight excluding hydrogens is 621 g/mol. The van der Waals surface area contributed by atoms with E-state index in [0.717, 1.165) is 39.2 Å². The van der Waals surface area contributed by atoms with Crippen LogP contribution in [0.5, 0.6) is 17.2 Å². The molecule has 0 fully saturated rings. The van der Waals surface area contributed by atoms with Crippen molar-refractivity contribution in [3.63, 3.8) is 0 Å². The van der Waals surface area contributed by atoms with E-state index in [0.29, 0.717) is 11.0 Å². The summed E-state index contributed by atoms with van der Waals surface area (Å²) in [5, 5.41) is 38.2. The number of aryl methyl sites for hydroxylation is 2. The Balaban J connectivity index is 0.000000157. The van der Waals surface area contributed by atoms with Crippen molar-refractivity contribution in [2.45, 2.75) is 13.8 Å². The summed E-state index contributed by atoms with van der Waals surface area (Å²) >= 11 is 0. The van der Waals surface area contributed by atoms with Crippen LogP contribution in [0.3, 0.4) is 0 Å². The molecule has 0 radical (unpaired) electrons. The predicted octanol–water partition coefficient (Wildman–Crippen LogP) is 8.24. The second-order valence-electron chi connectivity index (χ2n) is 11.3. The Morgan fingerprint density at radius 2 is 0.857 bits per heavy atom. The fraction of sp³-hybridized carbons (Fsp3) is 0.0476. The van der Waals surface area contributed by atoms with E-state index in [-0.39, 0.29) is 34.6 Å². The maximum Gasteiger partial charge on any atom is 3.00 e. The topological polar surface area (TPSA) is 98.2 Å². The molecule has 8 rings (SSSR count). The molecule has 7 heteroatoms. The Kier molecular flexibility index (Phi) is 11.1. The molecule has 0 amide bonds. The van der Waals surface area contributed by atoms with E-state index in [9.17, 15) is 15.3 Å². The van der Waals surface area contributed by atoms with Crippen LogP contribution in [0.25, 0.3) is 32.6 Å². The zero-order valence-corrected chi connectivity index (χ0v) is 28.3. The number of benzene rings is 6. The number of nitrogens with zero attached hydrogens (tertiary/aromatic N) is 3. The summed E-state index contributed by atoms with van der Waals surface area (Å²) in [6.07, 6.45) is 0. The van der Waals surface area contributed by atoms with E-state index in [2.05, 4.69) is 57.3 Å². The van der Waals surface area contributed by atoms with Crippen LogP contribution >= 0.6 is 0 Å². The Morgan fingerprint density at radius 1 is 0.408 bits per heavy atom. The van der Waals surface area contributed by atoms with Crippen molar-refractivity contribution >= 4 is 67.0 Å². The van der Waals surface area contributed by atoms with E-state index >= 15 is 0 Å². The van der Waals surface area contributed by atoms with Crippen molar-refractivity contribution in [3.05, 3.63) is 169 Å².